The summed E-state index contributed by atoms with van der Waals surface area (Å²) in [5, 5.41) is 0. The van der Waals surface area contributed by atoms with Crippen LogP contribution in [0.25, 0.3) is 0 Å². The third-order valence-electron chi connectivity index (χ3n) is 2.00. The molecule has 1 rings (SSSR count). The number of halogens is 5. The van der Waals surface area contributed by atoms with Crippen molar-refractivity contribution in [1.29, 1.82) is 0 Å². The van der Waals surface area contributed by atoms with E-state index in [1.165, 1.54) is 6.92 Å². The first kappa shape index (κ1) is 14.9. The molecule has 0 amide bonds. The first-order valence-corrected chi connectivity index (χ1v) is 6.11. The standard InChI is InChI=1S/C6H8F4.ClHO3S/c1-2-4-3-5(7,8)6(4,9)10;1-5(2,3)4/h4H,2-3H2,1H3;(H,2,3,4). The highest BCUT2D eigenvalue weighted by atomic mass is 35.7. The Morgan fingerprint density at radius 1 is 1.40 bits per heavy atom. The largest absolute Gasteiger partial charge is 0.353 e. The van der Waals surface area contributed by atoms with Gasteiger partial charge >= 0.3 is 21.2 Å². The summed E-state index contributed by atoms with van der Waals surface area (Å²) < 4.78 is 73.6. The molecule has 1 fully saturated rings. The third-order valence-corrected chi connectivity index (χ3v) is 2.00. The van der Waals surface area contributed by atoms with Crippen LogP contribution >= 0.6 is 10.7 Å². The second-order valence-electron chi connectivity index (χ2n) is 3.05. The SMILES string of the molecule is CCC1CC(F)(F)C1(F)F.O=S(=O)(O)Cl. The fraction of sp³-hybridized carbons (Fsp3) is 1.00. The molecule has 1 N–H and O–H groups in total. The highest BCUT2D eigenvalue weighted by molar-refractivity contribution is 8.09. The lowest BCUT2D eigenvalue weighted by molar-refractivity contribution is -0.313. The van der Waals surface area contributed by atoms with Gasteiger partial charge in [0, 0.05) is 23.0 Å². The van der Waals surface area contributed by atoms with Crippen molar-refractivity contribution in [3.05, 3.63) is 0 Å². The maximum Gasteiger partial charge on any atom is 0.353 e. The first-order valence-electron chi connectivity index (χ1n) is 3.84. The molecule has 1 aliphatic rings. The molecule has 92 valence electrons. The zero-order chi connectivity index (χ0) is 12.5. The lowest BCUT2D eigenvalue weighted by atomic mass is 9.75. The summed E-state index contributed by atoms with van der Waals surface area (Å²) in [6.07, 6.45) is -0.529. The van der Waals surface area contributed by atoms with Crippen LogP contribution in [0.2, 0.25) is 0 Å². The van der Waals surface area contributed by atoms with Crippen LogP contribution in [0.5, 0.6) is 0 Å². The smallest absolute Gasteiger partial charge is 0.273 e. The average Bonchev–Trinajstić information content (AvgIpc) is 1.96. The van der Waals surface area contributed by atoms with E-state index in [0.717, 1.165) is 0 Å². The predicted octanol–water partition coefficient (Wildman–Crippen LogP) is 2.71. The summed E-state index contributed by atoms with van der Waals surface area (Å²) in [6, 6.07) is 0. The average molecular weight is 273 g/mol. The van der Waals surface area contributed by atoms with Gasteiger partial charge in [0.15, 0.2) is 0 Å². The molecular weight excluding hydrogens is 264 g/mol. The predicted molar refractivity (Wildman–Crippen MR) is 45.7 cm³/mol. The molecule has 9 heteroatoms. The number of hydrogen-bond acceptors (Lipinski definition) is 2. The minimum Gasteiger partial charge on any atom is -0.273 e. The van der Waals surface area contributed by atoms with Gasteiger partial charge in [-0.25, -0.2) is 0 Å². The molecule has 1 unspecified atom stereocenters. The van der Waals surface area contributed by atoms with E-state index < -0.39 is 33.5 Å². The second-order valence-corrected chi connectivity index (χ2v) is 5.04. The molecule has 0 aromatic rings. The highest BCUT2D eigenvalue weighted by Gasteiger charge is 2.70. The molecule has 0 spiro atoms. The van der Waals surface area contributed by atoms with Crippen LogP contribution in [0.1, 0.15) is 19.8 Å². The van der Waals surface area contributed by atoms with Crippen LogP contribution in [0.4, 0.5) is 17.6 Å². The van der Waals surface area contributed by atoms with Crippen molar-refractivity contribution in [2.24, 2.45) is 5.92 Å². The lowest BCUT2D eigenvalue weighted by Gasteiger charge is -2.43. The summed E-state index contributed by atoms with van der Waals surface area (Å²) in [7, 11) is -0.137. The normalized spacial score (nSPS) is 27.3. The van der Waals surface area contributed by atoms with Gasteiger partial charge in [0.2, 0.25) is 0 Å². The molecule has 1 aliphatic carbocycles. The number of hydrogen-bond donors (Lipinski definition) is 1. The van der Waals surface area contributed by atoms with E-state index >= 15 is 0 Å². The van der Waals surface area contributed by atoms with Crippen LogP contribution < -0.4 is 0 Å². The van der Waals surface area contributed by atoms with Gasteiger partial charge in [0.1, 0.15) is 0 Å². The van der Waals surface area contributed by atoms with E-state index in [4.69, 9.17) is 13.0 Å². The van der Waals surface area contributed by atoms with E-state index in [-0.39, 0.29) is 6.42 Å². The molecule has 3 nitrogen and oxygen atoms in total. The van der Waals surface area contributed by atoms with Gasteiger partial charge in [-0.15, -0.1) is 0 Å². The Hall–Kier alpha value is -0.0800. The van der Waals surface area contributed by atoms with Crippen LogP contribution in [0.15, 0.2) is 0 Å². The third kappa shape index (κ3) is 4.12. The zero-order valence-corrected chi connectivity index (χ0v) is 9.13. The van der Waals surface area contributed by atoms with Gasteiger partial charge < -0.3 is 0 Å². The van der Waals surface area contributed by atoms with E-state index in [9.17, 15) is 17.6 Å². The molecule has 1 saturated carbocycles. The molecule has 0 aromatic heterocycles. The molecule has 0 aliphatic heterocycles. The van der Waals surface area contributed by atoms with Gasteiger partial charge in [0.25, 0.3) is 0 Å². The zero-order valence-electron chi connectivity index (χ0n) is 7.55. The molecule has 15 heavy (non-hydrogen) atoms. The maximum atomic E-state index is 12.2. The fourth-order valence-corrected chi connectivity index (χ4v) is 1.14. The minimum atomic E-state index is -4.19. The Labute approximate surface area is 88.7 Å². The monoisotopic (exact) mass is 272 g/mol. The van der Waals surface area contributed by atoms with E-state index in [2.05, 4.69) is 10.7 Å². The summed E-state index contributed by atoms with van der Waals surface area (Å²) in [5.74, 6) is -8.60. The Kier molecular flexibility index (Phi) is 4.40. The topological polar surface area (TPSA) is 54.4 Å². The van der Waals surface area contributed by atoms with Gasteiger partial charge in [-0.1, -0.05) is 6.92 Å². The molecule has 0 radical (unpaired) electrons. The van der Waals surface area contributed by atoms with Crippen LogP contribution in [0, 0.1) is 5.92 Å². The van der Waals surface area contributed by atoms with Crippen molar-refractivity contribution in [3.8, 4) is 0 Å². The summed E-state index contributed by atoms with van der Waals surface area (Å²) in [5.41, 5.74) is 0. The number of alkyl halides is 4. The maximum absolute atomic E-state index is 12.2. The minimum absolute atomic E-state index is 0.128. The molecule has 0 aromatic carbocycles. The molecule has 0 bridgehead atoms. The molecular formula is C6H9ClF4O3S. The fourth-order valence-electron chi connectivity index (χ4n) is 1.14. The van der Waals surface area contributed by atoms with E-state index in [0.29, 0.717) is 0 Å². The Balaban J connectivity index is 0.000000336. The van der Waals surface area contributed by atoms with Gasteiger partial charge in [0.05, 0.1) is 0 Å². The summed E-state index contributed by atoms with van der Waals surface area (Å²) in [4.78, 5) is 0. The van der Waals surface area contributed by atoms with Crippen molar-refractivity contribution in [3.63, 3.8) is 0 Å². The molecule has 0 heterocycles. The number of rotatable bonds is 1. The van der Waals surface area contributed by atoms with Crippen molar-refractivity contribution < 1.29 is 30.5 Å². The van der Waals surface area contributed by atoms with Gasteiger partial charge in [-0.05, 0) is 6.42 Å². The summed E-state index contributed by atoms with van der Waals surface area (Å²) >= 11 is 0. The Bertz CT molecular complexity index is 308. The summed E-state index contributed by atoms with van der Waals surface area (Å²) in [6.45, 7) is 1.49. The Morgan fingerprint density at radius 3 is 1.80 bits per heavy atom. The van der Waals surface area contributed by atoms with Gasteiger partial charge in [-0.3, -0.25) is 4.55 Å². The van der Waals surface area contributed by atoms with Gasteiger partial charge in [-0.2, -0.15) is 26.0 Å². The van der Waals surface area contributed by atoms with Crippen molar-refractivity contribution >= 4 is 20.0 Å². The van der Waals surface area contributed by atoms with E-state index in [1.807, 2.05) is 0 Å². The Morgan fingerprint density at radius 2 is 1.73 bits per heavy atom. The second kappa shape index (κ2) is 4.42. The van der Waals surface area contributed by atoms with Crippen molar-refractivity contribution in [1.82, 2.24) is 0 Å². The first-order chi connectivity index (χ1) is 6.42. The lowest BCUT2D eigenvalue weighted by Crippen LogP contribution is -2.58. The highest BCUT2D eigenvalue weighted by Crippen LogP contribution is 2.56. The van der Waals surface area contributed by atoms with Crippen molar-refractivity contribution in [2.75, 3.05) is 0 Å². The van der Waals surface area contributed by atoms with Crippen LogP contribution in [0.3, 0.4) is 0 Å². The quantitative estimate of drug-likeness (QED) is 0.454. The van der Waals surface area contributed by atoms with Crippen molar-refractivity contribution in [2.45, 2.75) is 31.6 Å². The van der Waals surface area contributed by atoms with Crippen LogP contribution in [-0.4, -0.2) is 24.8 Å². The van der Waals surface area contributed by atoms with Crippen LogP contribution in [-0.2, 0) is 9.33 Å². The van der Waals surface area contributed by atoms with E-state index in [1.54, 1.807) is 0 Å². The molecule has 1 atom stereocenters. The molecule has 0 saturated heterocycles.